The molecule has 0 spiro atoms. The number of nitrogens with zero attached hydrogens (tertiary/aromatic N) is 2. The number of rotatable bonds is 10. The van der Waals surface area contributed by atoms with E-state index in [-0.39, 0.29) is 11.6 Å². The topological polar surface area (TPSA) is 40.6 Å². The van der Waals surface area contributed by atoms with Gasteiger partial charge in [-0.1, -0.05) is 133 Å². The quantitative estimate of drug-likeness (QED) is 0.143. The van der Waals surface area contributed by atoms with E-state index in [9.17, 15) is 9.59 Å². The Morgan fingerprint density at radius 1 is 0.312 bits per heavy atom. The van der Waals surface area contributed by atoms with Gasteiger partial charge in [0.25, 0.3) is 0 Å². The molecule has 0 heterocycles. The van der Waals surface area contributed by atoms with Crippen molar-refractivity contribution in [2.75, 3.05) is 9.80 Å². The van der Waals surface area contributed by atoms with Crippen molar-refractivity contribution < 1.29 is 9.59 Å². The van der Waals surface area contributed by atoms with Crippen LogP contribution in [0.4, 0.5) is 34.1 Å². The highest BCUT2D eigenvalue weighted by atomic mass is 16.1. The zero-order chi connectivity index (χ0) is 32.7. The highest BCUT2D eigenvalue weighted by molar-refractivity contribution is 6.19. The molecule has 0 saturated heterocycles. The molecule has 7 aromatic rings. The second-order valence-electron chi connectivity index (χ2n) is 11.3. The lowest BCUT2D eigenvalue weighted by Gasteiger charge is -2.32. The predicted octanol–water partition coefficient (Wildman–Crippen LogP) is 11.1. The summed E-state index contributed by atoms with van der Waals surface area (Å²) >= 11 is 0. The van der Waals surface area contributed by atoms with Crippen LogP contribution in [-0.4, -0.2) is 11.6 Å². The maximum Gasteiger partial charge on any atom is 0.195 e. The fourth-order valence-electron chi connectivity index (χ4n) is 5.96. The molecule has 0 aliphatic rings. The number of carbonyl (C=O) groups is 2. The Bertz CT molecular complexity index is 1900. The van der Waals surface area contributed by atoms with Crippen molar-refractivity contribution in [3.05, 3.63) is 216 Å². The second-order valence-corrected chi connectivity index (χ2v) is 11.3. The molecule has 0 aromatic heterocycles. The lowest BCUT2D eigenvalue weighted by Crippen LogP contribution is -2.20. The normalized spacial score (nSPS) is 10.7. The van der Waals surface area contributed by atoms with Crippen LogP contribution >= 0.6 is 0 Å². The molecule has 48 heavy (non-hydrogen) atoms. The van der Waals surface area contributed by atoms with Crippen molar-refractivity contribution in [1.82, 2.24) is 0 Å². The molecule has 0 aliphatic heterocycles. The van der Waals surface area contributed by atoms with Crippen LogP contribution < -0.4 is 9.80 Å². The molecule has 0 N–H and O–H groups in total. The number of hydrogen-bond donors (Lipinski definition) is 0. The van der Waals surface area contributed by atoms with Gasteiger partial charge in [0.2, 0.25) is 0 Å². The summed E-state index contributed by atoms with van der Waals surface area (Å²) in [5, 5.41) is 0. The maximum absolute atomic E-state index is 14.7. The Balaban J connectivity index is 1.59. The van der Waals surface area contributed by atoms with Crippen LogP contribution in [0.3, 0.4) is 0 Å². The molecule has 0 atom stereocenters. The van der Waals surface area contributed by atoms with E-state index in [2.05, 4.69) is 9.80 Å². The van der Waals surface area contributed by atoms with Crippen LogP contribution in [0, 0.1) is 0 Å². The molecule has 4 heteroatoms. The van der Waals surface area contributed by atoms with E-state index in [0.29, 0.717) is 33.6 Å². The van der Waals surface area contributed by atoms with Crippen LogP contribution in [0.15, 0.2) is 194 Å². The number of ketones is 2. The van der Waals surface area contributed by atoms with Crippen LogP contribution in [-0.2, 0) is 0 Å². The van der Waals surface area contributed by atoms with Gasteiger partial charge in [-0.15, -0.1) is 0 Å². The highest BCUT2D eigenvalue weighted by Crippen LogP contribution is 2.44. The average Bonchev–Trinajstić information content (AvgIpc) is 3.17. The van der Waals surface area contributed by atoms with Crippen LogP contribution in [0.25, 0.3) is 0 Å². The third kappa shape index (κ3) is 6.15. The summed E-state index contributed by atoms with van der Waals surface area (Å²) in [5.74, 6) is -0.299. The first-order chi connectivity index (χ1) is 23.7. The van der Waals surface area contributed by atoms with Gasteiger partial charge in [0.1, 0.15) is 0 Å². The minimum absolute atomic E-state index is 0.150. The number of carbonyl (C=O) groups excluding carboxylic acids is 2. The highest BCUT2D eigenvalue weighted by Gasteiger charge is 2.29. The van der Waals surface area contributed by atoms with Gasteiger partial charge in [0, 0.05) is 45.0 Å². The van der Waals surface area contributed by atoms with Gasteiger partial charge in [0.05, 0.1) is 11.4 Å². The SMILES string of the molecule is O=C(c1ccccc1)c1cc(N(c2ccccc2)c2ccccc2)c(C(=O)c2ccccc2)cc1N(c1ccccc1)c1ccccc1. The number of hydrogen-bond acceptors (Lipinski definition) is 4. The summed E-state index contributed by atoms with van der Waals surface area (Å²) in [6.07, 6.45) is 0. The molecule has 0 unspecified atom stereocenters. The van der Waals surface area contributed by atoms with Gasteiger partial charge in [-0.2, -0.15) is 0 Å². The molecule has 4 nitrogen and oxygen atoms in total. The van der Waals surface area contributed by atoms with E-state index in [1.807, 2.05) is 194 Å². The Morgan fingerprint density at radius 2 is 0.542 bits per heavy atom. The molecule has 0 fully saturated rings. The third-order valence-corrected chi connectivity index (χ3v) is 8.21. The fraction of sp³-hybridized carbons (Fsp3) is 0. The molecule has 0 radical (unpaired) electrons. The van der Waals surface area contributed by atoms with Gasteiger partial charge in [-0.05, 0) is 60.7 Å². The fourth-order valence-corrected chi connectivity index (χ4v) is 5.96. The Hall–Kier alpha value is -6.52. The van der Waals surface area contributed by atoms with E-state index in [4.69, 9.17) is 0 Å². The van der Waals surface area contributed by atoms with Crippen molar-refractivity contribution in [1.29, 1.82) is 0 Å². The summed E-state index contributed by atoms with van der Waals surface area (Å²) < 4.78 is 0. The van der Waals surface area contributed by atoms with Gasteiger partial charge in [0.15, 0.2) is 11.6 Å². The van der Waals surface area contributed by atoms with Gasteiger partial charge in [-0.3, -0.25) is 9.59 Å². The average molecular weight is 621 g/mol. The zero-order valence-electron chi connectivity index (χ0n) is 26.2. The lowest BCUT2D eigenvalue weighted by molar-refractivity contribution is 0.102. The van der Waals surface area contributed by atoms with Gasteiger partial charge in [-0.25, -0.2) is 0 Å². The first-order valence-corrected chi connectivity index (χ1v) is 15.9. The minimum atomic E-state index is -0.150. The summed E-state index contributed by atoms with van der Waals surface area (Å²) in [4.78, 5) is 33.5. The second kappa shape index (κ2) is 13.9. The van der Waals surface area contributed by atoms with Crippen molar-refractivity contribution >= 4 is 45.7 Å². The summed E-state index contributed by atoms with van der Waals surface area (Å²) in [6.45, 7) is 0. The van der Waals surface area contributed by atoms with E-state index in [0.717, 1.165) is 22.7 Å². The molecular formula is C44H32N2O2. The third-order valence-electron chi connectivity index (χ3n) is 8.21. The molecule has 7 rings (SSSR count). The molecule has 0 amide bonds. The van der Waals surface area contributed by atoms with Crippen LogP contribution in [0.5, 0.6) is 0 Å². The summed E-state index contributed by atoms with van der Waals surface area (Å²) in [7, 11) is 0. The standard InChI is InChI=1S/C44H32N2O2/c47-43(33-19-7-1-8-20-33)39-31-42(46(37-27-15-5-16-28-37)38-29-17-6-18-30-38)40(44(48)34-21-9-2-10-22-34)32-41(39)45(35-23-11-3-12-24-35)36-25-13-4-14-26-36/h1-32H. The van der Waals surface area contributed by atoms with E-state index in [1.54, 1.807) is 0 Å². The van der Waals surface area contributed by atoms with E-state index >= 15 is 0 Å². The lowest BCUT2D eigenvalue weighted by atomic mass is 9.93. The molecule has 0 bridgehead atoms. The molecule has 0 aliphatic carbocycles. The molecule has 7 aromatic carbocycles. The van der Waals surface area contributed by atoms with Crippen molar-refractivity contribution in [2.24, 2.45) is 0 Å². The van der Waals surface area contributed by atoms with Crippen molar-refractivity contribution in [2.45, 2.75) is 0 Å². The molecular weight excluding hydrogens is 588 g/mol. The predicted molar refractivity (Wildman–Crippen MR) is 196 cm³/mol. The smallest absolute Gasteiger partial charge is 0.195 e. The molecule has 230 valence electrons. The zero-order valence-corrected chi connectivity index (χ0v) is 26.2. The Labute approximate surface area is 280 Å². The monoisotopic (exact) mass is 620 g/mol. The summed E-state index contributed by atoms with van der Waals surface area (Å²) in [6, 6.07) is 62.1. The number of para-hydroxylation sites is 4. The van der Waals surface area contributed by atoms with E-state index < -0.39 is 0 Å². The Morgan fingerprint density at radius 3 is 0.792 bits per heavy atom. The summed E-state index contributed by atoms with van der Waals surface area (Å²) in [5.41, 5.74) is 6.68. The van der Waals surface area contributed by atoms with Crippen LogP contribution in [0.1, 0.15) is 31.8 Å². The first kappa shape index (κ1) is 30.2. The van der Waals surface area contributed by atoms with Crippen LogP contribution in [0.2, 0.25) is 0 Å². The van der Waals surface area contributed by atoms with Crippen molar-refractivity contribution in [3.8, 4) is 0 Å². The Kier molecular flexibility index (Phi) is 8.70. The first-order valence-electron chi connectivity index (χ1n) is 15.9. The van der Waals surface area contributed by atoms with Gasteiger partial charge >= 0.3 is 0 Å². The minimum Gasteiger partial charge on any atom is -0.310 e. The maximum atomic E-state index is 14.7. The number of anilines is 6. The van der Waals surface area contributed by atoms with Crippen molar-refractivity contribution in [3.63, 3.8) is 0 Å². The number of benzene rings is 7. The van der Waals surface area contributed by atoms with Gasteiger partial charge < -0.3 is 9.80 Å². The van der Waals surface area contributed by atoms with E-state index in [1.165, 1.54) is 0 Å². The largest absolute Gasteiger partial charge is 0.310 e. The molecule has 0 saturated carbocycles.